The number of hydrogen-bond donors (Lipinski definition) is 3. The number of aromatic nitrogens is 2. The molecule has 0 amide bonds. The van der Waals surface area contributed by atoms with Crippen LogP contribution in [0.2, 0.25) is 0 Å². The van der Waals surface area contributed by atoms with Gasteiger partial charge in [-0.2, -0.15) is 8.78 Å². The standard InChI is InChI=1S/C10H12F2N2O6/c11-9(12)20-7-4(3-15)19-8(6(7)17)14-2-1-5(16)13-10(14)18/h1-2,4,6-9,15,17H,3H2,(H,13,16,18)/t4-,6?,7?,8-/m0/s1. The maximum atomic E-state index is 12.2. The third-order valence-corrected chi connectivity index (χ3v) is 2.87. The molecule has 1 aliphatic rings. The van der Waals surface area contributed by atoms with Gasteiger partial charge in [-0.25, -0.2) is 4.79 Å². The van der Waals surface area contributed by atoms with E-state index in [1.54, 1.807) is 0 Å². The van der Waals surface area contributed by atoms with Gasteiger partial charge in [0.15, 0.2) is 6.23 Å². The summed E-state index contributed by atoms with van der Waals surface area (Å²) in [6.45, 7) is -3.85. The number of alkyl halides is 2. The summed E-state index contributed by atoms with van der Waals surface area (Å²) in [5.41, 5.74) is -1.53. The van der Waals surface area contributed by atoms with Gasteiger partial charge in [-0.3, -0.25) is 14.3 Å². The van der Waals surface area contributed by atoms with Crippen molar-refractivity contribution in [2.75, 3.05) is 6.61 Å². The van der Waals surface area contributed by atoms with E-state index in [9.17, 15) is 23.5 Å². The van der Waals surface area contributed by atoms with Crippen molar-refractivity contribution >= 4 is 0 Å². The summed E-state index contributed by atoms with van der Waals surface area (Å²) in [6, 6.07) is 1.01. The van der Waals surface area contributed by atoms with Crippen molar-refractivity contribution in [3.8, 4) is 0 Å². The van der Waals surface area contributed by atoms with E-state index in [0.717, 1.165) is 16.8 Å². The van der Waals surface area contributed by atoms with Gasteiger partial charge in [-0.05, 0) is 0 Å². The highest BCUT2D eigenvalue weighted by molar-refractivity contribution is 4.93. The van der Waals surface area contributed by atoms with Crippen LogP contribution in [0.15, 0.2) is 21.9 Å². The highest BCUT2D eigenvalue weighted by Gasteiger charge is 2.46. The van der Waals surface area contributed by atoms with E-state index in [-0.39, 0.29) is 0 Å². The van der Waals surface area contributed by atoms with Crippen molar-refractivity contribution in [1.29, 1.82) is 0 Å². The third-order valence-electron chi connectivity index (χ3n) is 2.87. The van der Waals surface area contributed by atoms with Crippen LogP contribution in [0.25, 0.3) is 0 Å². The van der Waals surface area contributed by atoms with Gasteiger partial charge in [0.2, 0.25) is 0 Å². The fourth-order valence-electron chi connectivity index (χ4n) is 2.01. The predicted molar refractivity (Wildman–Crippen MR) is 59.2 cm³/mol. The molecule has 1 saturated heterocycles. The van der Waals surface area contributed by atoms with Gasteiger partial charge < -0.3 is 19.7 Å². The highest BCUT2D eigenvalue weighted by Crippen LogP contribution is 2.31. The summed E-state index contributed by atoms with van der Waals surface area (Å²) in [5.74, 6) is 0. The molecule has 1 aromatic heterocycles. The van der Waals surface area contributed by atoms with Crippen molar-refractivity contribution in [1.82, 2.24) is 9.55 Å². The zero-order valence-corrected chi connectivity index (χ0v) is 9.98. The second-order valence-corrected chi connectivity index (χ2v) is 4.12. The van der Waals surface area contributed by atoms with Gasteiger partial charge in [0.1, 0.15) is 18.3 Å². The molecule has 2 rings (SSSR count). The molecule has 112 valence electrons. The van der Waals surface area contributed by atoms with Crippen LogP contribution < -0.4 is 11.2 Å². The van der Waals surface area contributed by atoms with Crippen LogP contribution in [0.4, 0.5) is 8.78 Å². The Morgan fingerprint density at radius 3 is 2.75 bits per heavy atom. The molecule has 2 heterocycles. The zero-order valence-electron chi connectivity index (χ0n) is 9.98. The van der Waals surface area contributed by atoms with Crippen molar-refractivity contribution in [2.24, 2.45) is 0 Å². The van der Waals surface area contributed by atoms with Crippen molar-refractivity contribution in [3.05, 3.63) is 33.1 Å². The van der Waals surface area contributed by atoms with E-state index in [0.29, 0.717) is 0 Å². The maximum Gasteiger partial charge on any atom is 0.345 e. The normalized spacial score (nSPS) is 30.1. The Kier molecular flexibility index (Phi) is 4.28. The quantitative estimate of drug-likeness (QED) is 0.616. The number of rotatable bonds is 4. The Morgan fingerprint density at radius 1 is 1.50 bits per heavy atom. The molecule has 20 heavy (non-hydrogen) atoms. The molecule has 4 atom stereocenters. The van der Waals surface area contributed by atoms with Crippen LogP contribution in [-0.2, 0) is 9.47 Å². The third kappa shape index (κ3) is 2.77. The average Bonchev–Trinajstić information content (AvgIpc) is 2.67. The van der Waals surface area contributed by atoms with E-state index in [1.807, 2.05) is 4.98 Å². The van der Waals surface area contributed by atoms with Crippen molar-refractivity contribution < 1.29 is 28.5 Å². The lowest BCUT2D eigenvalue weighted by Crippen LogP contribution is -2.39. The second-order valence-electron chi connectivity index (χ2n) is 4.12. The smallest absolute Gasteiger partial charge is 0.345 e. The van der Waals surface area contributed by atoms with Gasteiger partial charge in [-0.1, -0.05) is 0 Å². The number of hydrogen-bond acceptors (Lipinski definition) is 6. The second kappa shape index (κ2) is 5.79. The molecule has 10 heteroatoms. The summed E-state index contributed by atoms with van der Waals surface area (Å²) >= 11 is 0. The van der Waals surface area contributed by atoms with Crippen LogP contribution in [0.5, 0.6) is 0 Å². The Bertz CT molecular complexity index is 573. The first kappa shape index (κ1) is 14.8. The number of H-pyrrole nitrogens is 1. The van der Waals surface area contributed by atoms with E-state index in [2.05, 4.69) is 4.74 Å². The fourth-order valence-corrected chi connectivity index (χ4v) is 2.01. The molecule has 0 saturated carbocycles. The molecule has 1 aliphatic heterocycles. The van der Waals surface area contributed by atoms with Crippen LogP contribution in [0.1, 0.15) is 6.23 Å². The van der Waals surface area contributed by atoms with E-state index < -0.39 is 49.0 Å². The summed E-state index contributed by atoms with van der Waals surface area (Å²) in [6.07, 6.45) is -4.62. The summed E-state index contributed by atoms with van der Waals surface area (Å²) in [5, 5.41) is 18.9. The number of aromatic amines is 1. The first-order chi connectivity index (χ1) is 9.43. The SMILES string of the molecule is O=c1ccn([C@H]2O[C@@H](CO)C(OC(F)F)C2O)c(=O)[nH]1. The first-order valence-corrected chi connectivity index (χ1v) is 5.63. The van der Waals surface area contributed by atoms with Gasteiger partial charge in [0.05, 0.1) is 6.61 Å². The van der Waals surface area contributed by atoms with Crippen LogP contribution >= 0.6 is 0 Å². The minimum absolute atomic E-state index is 0.655. The van der Waals surface area contributed by atoms with Gasteiger partial charge in [0, 0.05) is 12.3 Å². The lowest BCUT2D eigenvalue weighted by atomic mass is 10.1. The number of nitrogens with zero attached hydrogens (tertiary/aromatic N) is 1. The number of aliphatic hydroxyl groups excluding tert-OH is 2. The number of aliphatic hydroxyl groups is 2. The summed E-state index contributed by atoms with van der Waals surface area (Å²) in [4.78, 5) is 24.4. The van der Waals surface area contributed by atoms with Crippen molar-refractivity contribution in [2.45, 2.75) is 31.2 Å². The maximum absolute atomic E-state index is 12.2. The minimum Gasteiger partial charge on any atom is -0.394 e. The molecule has 3 N–H and O–H groups in total. The fraction of sp³-hybridized carbons (Fsp3) is 0.600. The van der Waals surface area contributed by atoms with Gasteiger partial charge >= 0.3 is 12.3 Å². The first-order valence-electron chi connectivity index (χ1n) is 5.63. The van der Waals surface area contributed by atoms with Crippen LogP contribution in [-0.4, -0.2) is 51.3 Å². The number of nitrogens with one attached hydrogen (secondary N) is 1. The molecular formula is C10H12F2N2O6. The largest absolute Gasteiger partial charge is 0.394 e. The molecule has 0 spiro atoms. The van der Waals surface area contributed by atoms with Crippen molar-refractivity contribution in [3.63, 3.8) is 0 Å². The molecule has 1 fully saturated rings. The summed E-state index contributed by atoms with van der Waals surface area (Å²) in [7, 11) is 0. The van der Waals surface area contributed by atoms with Crippen LogP contribution in [0, 0.1) is 0 Å². The Hall–Kier alpha value is -1.62. The number of ether oxygens (including phenoxy) is 2. The highest BCUT2D eigenvalue weighted by atomic mass is 19.3. The monoisotopic (exact) mass is 294 g/mol. The van der Waals surface area contributed by atoms with E-state index in [1.165, 1.54) is 0 Å². The summed E-state index contributed by atoms with van der Waals surface area (Å²) < 4.78 is 34.6. The lowest BCUT2D eigenvalue weighted by Gasteiger charge is -2.19. The Balaban J connectivity index is 2.29. The van der Waals surface area contributed by atoms with Gasteiger partial charge in [-0.15, -0.1) is 0 Å². The molecule has 8 nitrogen and oxygen atoms in total. The molecule has 0 radical (unpaired) electrons. The topological polar surface area (TPSA) is 114 Å². The van der Waals surface area contributed by atoms with E-state index in [4.69, 9.17) is 9.84 Å². The molecule has 0 aliphatic carbocycles. The Morgan fingerprint density at radius 2 is 2.20 bits per heavy atom. The van der Waals surface area contributed by atoms with Gasteiger partial charge in [0.25, 0.3) is 5.56 Å². The number of halogens is 2. The zero-order chi connectivity index (χ0) is 14.9. The molecule has 1 aromatic rings. The Labute approximate surface area is 110 Å². The minimum atomic E-state index is -3.17. The molecular weight excluding hydrogens is 282 g/mol. The lowest BCUT2D eigenvalue weighted by molar-refractivity contribution is -0.192. The average molecular weight is 294 g/mol. The predicted octanol–water partition coefficient (Wildman–Crippen LogP) is -1.60. The van der Waals surface area contributed by atoms with Crippen LogP contribution in [0.3, 0.4) is 0 Å². The molecule has 2 unspecified atom stereocenters. The molecule has 0 aromatic carbocycles. The molecule has 0 bridgehead atoms. The van der Waals surface area contributed by atoms with E-state index >= 15 is 0 Å².